The molecule has 0 radical (unpaired) electrons. The average molecular weight is 404 g/mol. The van der Waals surface area contributed by atoms with Crippen molar-refractivity contribution in [1.29, 1.82) is 0 Å². The molecule has 0 aliphatic carbocycles. The highest BCUT2D eigenvalue weighted by molar-refractivity contribution is 7.89. The second-order valence-electron chi connectivity index (χ2n) is 6.74. The van der Waals surface area contributed by atoms with Gasteiger partial charge in [-0.15, -0.1) is 0 Å². The Morgan fingerprint density at radius 1 is 1.14 bits per heavy atom. The van der Waals surface area contributed by atoms with E-state index in [1.807, 2.05) is 6.07 Å². The van der Waals surface area contributed by atoms with Crippen LogP contribution in [0.15, 0.2) is 47.5 Å². The topological polar surface area (TPSA) is 88.6 Å². The number of carbonyl (C=O) groups excluding carboxylic acids is 1. The summed E-state index contributed by atoms with van der Waals surface area (Å²) in [4.78, 5) is 16.7. The second kappa shape index (κ2) is 9.16. The first-order chi connectivity index (χ1) is 13.5. The molecule has 28 heavy (non-hydrogen) atoms. The van der Waals surface area contributed by atoms with Crippen molar-refractivity contribution in [3.8, 4) is 5.88 Å². The van der Waals surface area contributed by atoms with Gasteiger partial charge in [0.2, 0.25) is 15.9 Å². The van der Waals surface area contributed by atoms with Crippen LogP contribution < -0.4 is 10.1 Å². The molecule has 0 bridgehead atoms. The zero-order chi connectivity index (χ0) is 20.0. The van der Waals surface area contributed by atoms with Crippen LogP contribution in [0, 0.1) is 0 Å². The smallest absolute Gasteiger partial charge is 0.251 e. The van der Waals surface area contributed by atoms with Crippen molar-refractivity contribution in [3.05, 3.63) is 53.7 Å². The first kappa shape index (κ1) is 20.3. The van der Waals surface area contributed by atoms with Gasteiger partial charge in [-0.3, -0.25) is 4.79 Å². The van der Waals surface area contributed by atoms with Crippen LogP contribution in [-0.2, 0) is 16.6 Å². The Kier molecular flexibility index (Phi) is 6.64. The predicted molar refractivity (Wildman–Crippen MR) is 106 cm³/mol. The zero-order valence-corrected chi connectivity index (χ0v) is 16.7. The zero-order valence-electron chi connectivity index (χ0n) is 15.9. The van der Waals surface area contributed by atoms with Crippen molar-refractivity contribution in [2.75, 3.05) is 20.2 Å². The van der Waals surface area contributed by atoms with E-state index in [1.54, 1.807) is 30.5 Å². The molecule has 2 aromatic rings. The second-order valence-corrected chi connectivity index (χ2v) is 8.68. The molecule has 1 aromatic heterocycles. The Balaban J connectivity index is 1.69. The molecule has 3 rings (SSSR count). The first-order valence-corrected chi connectivity index (χ1v) is 10.8. The number of nitrogens with one attached hydrogen (secondary N) is 1. The van der Waals surface area contributed by atoms with Crippen LogP contribution in [0.1, 0.15) is 41.6 Å². The van der Waals surface area contributed by atoms with Crippen LogP contribution in [0.2, 0.25) is 0 Å². The van der Waals surface area contributed by atoms with Gasteiger partial charge in [-0.2, -0.15) is 4.31 Å². The molecule has 1 saturated heterocycles. The van der Waals surface area contributed by atoms with E-state index in [0.29, 0.717) is 31.1 Å². The lowest BCUT2D eigenvalue weighted by atomic mass is 10.2. The van der Waals surface area contributed by atoms with Crippen LogP contribution in [0.5, 0.6) is 5.88 Å². The van der Waals surface area contributed by atoms with E-state index in [2.05, 4.69) is 10.3 Å². The van der Waals surface area contributed by atoms with Gasteiger partial charge in [0.1, 0.15) is 0 Å². The third-order valence-electron chi connectivity index (χ3n) is 4.76. The summed E-state index contributed by atoms with van der Waals surface area (Å²) >= 11 is 0. The van der Waals surface area contributed by atoms with E-state index in [0.717, 1.165) is 31.2 Å². The van der Waals surface area contributed by atoms with E-state index in [-0.39, 0.29) is 10.8 Å². The number of amides is 1. The summed E-state index contributed by atoms with van der Waals surface area (Å²) in [6.07, 6.45) is 5.47. The molecule has 1 aliphatic rings. The highest BCUT2D eigenvalue weighted by atomic mass is 32.2. The van der Waals surface area contributed by atoms with Gasteiger partial charge in [0, 0.05) is 37.5 Å². The summed E-state index contributed by atoms with van der Waals surface area (Å²) in [6.45, 7) is 1.35. The molecule has 2 heterocycles. The fraction of sp³-hybridized carbons (Fsp3) is 0.400. The van der Waals surface area contributed by atoms with Crippen molar-refractivity contribution in [1.82, 2.24) is 14.6 Å². The minimum Gasteiger partial charge on any atom is -0.481 e. The number of pyridine rings is 1. The fourth-order valence-corrected chi connectivity index (χ4v) is 4.71. The molecule has 0 atom stereocenters. The number of methoxy groups -OCH3 is 1. The maximum atomic E-state index is 12.9. The van der Waals surface area contributed by atoms with Gasteiger partial charge in [-0.25, -0.2) is 13.4 Å². The molecule has 1 aliphatic heterocycles. The van der Waals surface area contributed by atoms with Gasteiger partial charge in [0.05, 0.1) is 12.0 Å². The largest absolute Gasteiger partial charge is 0.481 e. The SMILES string of the molecule is COc1ccc(CNC(=O)c2cccc(S(=O)(=O)N3CCCCCC3)c2)cn1. The maximum absolute atomic E-state index is 12.9. The number of hydrogen-bond acceptors (Lipinski definition) is 5. The highest BCUT2D eigenvalue weighted by Crippen LogP contribution is 2.21. The van der Waals surface area contributed by atoms with Crippen molar-refractivity contribution in [2.24, 2.45) is 0 Å². The molecule has 1 N–H and O–H groups in total. The third kappa shape index (κ3) is 4.88. The number of hydrogen-bond donors (Lipinski definition) is 1. The number of sulfonamides is 1. The van der Waals surface area contributed by atoms with Crippen LogP contribution in [0.3, 0.4) is 0 Å². The Morgan fingerprint density at radius 2 is 1.89 bits per heavy atom. The van der Waals surface area contributed by atoms with Crippen LogP contribution in [0.4, 0.5) is 0 Å². The Bertz CT molecular complexity index is 905. The summed E-state index contributed by atoms with van der Waals surface area (Å²) < 4.78 is 32.4. The summed E-state index contributed by atoms with van der Waals surface area (Å²) in [7, 11) is -2.05. The van der Waals surface area contributed by atoms with E-state index in [9.17, 15) is 13.2 Å². The molecule has 0 saturated carbocycles. The maximum Gasteiger partial charge on any atom is 0.251 e. The lowest BCUT2D eigenvalue weighted by molar-refractivity contribution is 0.0950. The third-order valence-corrected chi connectivity index (χ3v) is 6.65. The van der Waals surface area contributed by atoms with Crippen molar-refractivity contribution >= 4 is 15.9 Å². The molecular weight excluding hydrogens is 378 g/mol. The van der Waals surface area contributed by atoms with Crippen molar-refractivity contribution in [3.63, 3.8) is 0 Å². The summed E-state index contributed by atoms with van der Waals surface area (Å²) in [5, 5.41) is 2.79. The number of benzene rings is 1. The van der Waals surface area contributed by atoms with Gasteiger partial charge < -0.3 is 10.1 Å². The van der Waals surface area contributed by atoms with Crippen molar-refractivity contribution in [2.45, 2.75) is 37.1 Å². The normalized spacial score (nSPS) is 15.6. The summed E-state index contributed by atoms with van der Waals surface area (Å²) in [5.41, 5.74) is 1.14. The lowest BCUT2D eigenvalue weighted by Crippen LogP contribution is -2.32. The molecule has 8 heteroatoms. The molecular formula is C20H25N3O4S. The van der Waals surface area contributed by atoms with E-state index >= 15 is 0 Å². The summed E-state index contributed by atoms with van der Waals surface area (Å²) in [5.74, 6) is 0.172. The first-order valence-electron chi connectivity index (χ1n) is 9.38. The van der Waals surface area contributed by atoms with Crippen molar-refractivity contribution < 1.29 is 17.9 Å². The Labute approximate surface area is 165 Å². The number of rotatable bonds is 6. The number of nitrogens with zero attached hydrogens (tertiary/aromatic N) is 2. The van der Waals surface area contributed by atoms with E-state index in [1.165, 1.54) is 17.5 Å². The van der Waals surface area contributed by atoms with Gasteiger partial charge in [0.25, 0.3) is 5.91 Å². The lowest BCUT2D eigenvalue weighted by Gasteiger charge is -2.20. The summed E-state index contributed by atoms with van der Waals surface area (Å²) in [6, 6.07) is 9.74. The van der Waals surface area contributed by atoms with Gasteiger partial charge in [-0.05, 0) is 36.6 Å². The average Bonchev–Trinajstić information content (AvgIpc) is 3.02. The molecule has 1 fully saturated rings. The van der Waals surface area contributed by atoms with Gasteiger partial charge in [-0.1, -0.05) is 25.0 Å². The van der Waals surface area contributed by atoms with Crippen LogP contribution in [0.25, 0.3) is 0 Å². The molecule has 150 valence electrons. The minimum absolute atomic E-state index is 0.160. The van der Waals surface area contributed by atoms with Crippen LogP contribution in [-0.4, -0.2) is 43.8 Å². The monoisotopic (exact) mass is 403 g/mol. The minimum atomic E-state index is -3.59. The van der Waals surface area contributed by atoms with Crippen LogP contribution >= 0.6 is 0 Å². The molecule has 7 nitrogen and oxygen atoms in total. The van der Waals surface area contributed by atoms with E-state index < -0.39 is 10.0 Å². The predicted octanol–water partition coefficient (Wildman–Crippen LogP) is 2.58. The molecule has 0 spiro atoms. The van der Waals surface area contributed by atoms with Gasteiger partial charge in [0.15, 0.2) is 0 Å². The Morgan fingerprint density at radius 3 is 2.54 bits per heavy atom. The standard InChI is InChI=1S/C20H25N3O4S/c1-27-19-10-9-16(14-21-19)15-22-20(24)17-7-6-8-18(13-17)28(25,26)23-11-4-2-3-5-12-23/h6-10,13-14H,2-5,11-12,15H2,1H3,(H,22,24). The number of ether oxygens (including phenoxy) is 1. The fourth-order valence-electron chi connectivity index (χ4n) is 3.15. The Hall–Kier alpha value is -2.45. The quantitative estimate of drug-likeness (QED) is 0.801. The van der Waals surface area contributed by atoms with E-state index in [4.69, 9.17) is 4.74 Å². The molecule has 1 amide bonds. The highest BCUT2D eigenvalue weighted by Gasteiger charge is 2.25. The molecule has 1 aromatic carbocycles. The number of carbonyl (C=O) groups is 1. The molecule has 0 unspecified atom stereocenters. The number of aromatic nitrogens is 1. The van der Waals surface area contributed by atoms with Gasteiger partial charge >= 0.3 is 0 Å².